The standard InChI is InChI=1S/C27H23N5O3/c1-34-23-14-12-18(16-24(23)35-2)26-19(17-32(31-26)20-8-4-3-5-9-20)13-15-25(33)30-27-28-21-10-6-7-11-22(21)29-27/h3-17H,1-2H3,(H2,28,29,30,33)/b15-13+. The number of carbonyl (C=O) groups excluding carboxylic acids is 1. The Hall–Kier alpha value is -4.85. The molecule has 0 spiro atoms. The van der Waals surface area contributed by atoms with Gasteiger partial charge in [0.15, 0.2) is 11.5 Å². The molecule has 0 aliphatic carbocycles. The minimum atomic E-state index is -0.310. The van der Waals surface area contributed by atoms with Crippen molar-refractivity contribution in [1.29, 1.82) is 0 Å². The van der Waals surface area contributed by atoms with E-state index in [1.807, 2.05) is 79.0 Å². The third-order valence-corrected chi connectivity index (χ3v) is 5.47. The molecule has 5 aromatic rings. The Morgan fingerprint density at radius 3 is 2.51 bits per heavy atom. The van der Waals surface area contributed by atoms with Crippen molar-refractivity contribution in [3.05, 3.63) is 90.6 Å². The highest BCUT2D eigenvalue weighted by Crippen LogP contribution is 2.33. The molecule has 8 nitrogen and oxygen atoms in total. The number of nitrogens with one attached hydrogen (secondary N) is 2. The number of nitrogens with zero attached hydrogens (tertiary/aromatic N) is 3. The molecular weight excluding hydrogens is 442 g/mol. The monoisotopic (exact) mass is 465 g/mol. The number of para-hydroxylation sites is 3. The lowest BCUT2D eigenvalue weighted by molar-refractivity contribution is -0.111. The zero-order chi connectivity index (χ0) is 24.2. The van der Waals surface area contributed by atoms with Gasteiger partial charge in [-0.3, -0.25) is 10.1 Å². The summed E-state index contributed by atoms with van der Waals surface area (Å²) in [5.74, 6) is 1.30. The van der Waals surface area contributed by atoms with E-state index in [4.69, 9.17) is 14.6 Å². The van der Waals surface area contributed by atoms with Crippen LogP contribution in [0.5, 0.6) is 11.5 Å². The van der Waals surface area contributed by atoms with E-state index < -0.39 is 0 Å². The summed E-state index contributed by atoms with van der Waals surface area (Å²) in [6.07, 6.45) is 5.08. The number of benzene rings is 3. The van der Waals surface area contributed by atoms with Gasteiger partial charge in [-0.15, -0.1) is 0 Å². The molecule has 174 valence electrons. The molecule has 2 aromatic heterocycles. The topological polar surface area (TPSA) is 94.1 Å². The van der Waals surface area contributed by atoms with Crippen LogP contribution in [0.15, 0.2) is 85.1 Å². The summed E-state index contributed by atoms with van der Waals surface area (Å²) in [6.45, 7) is 0. The largest absolute Gasteiger partial charge is 0.493 e. The van der Waals surface area contributed by atoms with Gasteiger partial charge in [-0.05, 0) is 48.5 Å². The van der Waals surface area contributed by atoms with Gasteiger partial charge in [0.25, 0.3) is 5.91 Å². The van der Waals surface area contributed by atoms with Gasteiger partial charge in [-0.1, -0.05) is 30.3 Å². The third-order valence-electron chi connectivity index (χ3n) is 5.47. The van der Waals surface area contributed by atoms with Gasteiger partial charge in [-0.25, -0.2) is 9.67 Å². The van der Waals surface area contributed by atoms with Crippen LogP contribution in [-0.4, -0.2) is 39.9 Å². The molecule has 1 amide bonds. The maximum atomic E-state index is 12.6. The summed E-state index contributed by atoms with van der Waals surface area (Å²) in [4.78, 5) is 20.1. The lowest BCUT2D eigenvalue weighted by atomic mass is 10.1. The number of ether oxygens (including phenoxy) is 2. The van der Waals surface area contributed by atoms with Crippen molar-refractivity contribution in [1.82, 2.24) is 19.7 Å². The fraction of sp³-hybridized carbons (Fsp3) is 0.0741. The molecular formula is C27H23N5O3. The predicted molar refractivity (Wildman–Crippen MR) is 136 cm³/mol. The minimum Gasteiger partial charge on any atom is -0.493 e. The molecule has 0 unspecified atom stereocenters. The van der Waals surface area contributed by atoms with Crippen molar-refractivity contribution in [2.45, 2.75) is 0 Å². The molecule has 0 atom stereocenters. The first-order chi connectivity index (χ1) is 17.1. The normalized spacial score (nSPS) is 11.1. The number of anilines is 1. The summed E-state index contributed by atoms with van der Waals surface area (Å²) in [7, 11) is 3.18. The van der Waals surface area contributed by atoms with Crippen molar-refractivity contribution in [2.24, 2.45) is 0 Å². The van der Waals surface area contributed by atoms with Crippen molar-refractivity contribution >= 4 is 29.0 Å². The lowest BCUT2D eigenvalue weighted by Crippen LogP contribution is -2.08. The zero-order valence-electron chi connectivity index (χ0n) is 19.2. The first-order valence-electron chi connectivity index (χ1n) is 11.0. The number of imidazole rings is 1. The predicted octanol–water partition coefficient (Wildman–Crippen LogP) is 5.08. The Bertz CT molecular complexity index is 1490. The zero-order valence-corrected chi connectivity index (χ0v) is 19.2. The van der Waals surface area contributed by atoms with E-state index in [1.54, 1.807) is 25.0 Å². The lowest BCUT2D eigenvalue weighted by Gasteiger charge is -2.09. The Kier molecular flexibility index (Phi) is 6.00. The number of H-pyrrole nitrogens is 1. The molecule has 0 aliphatic heterocycles. The van der Waals surface area contributed by atoms with Gasteiger partial charge >= 0.3 is 0 Å². The summed E-state index contributed by atoms with van der Waals surface area (Å²) >= 11 is 0. The second-order valence-electron chi connectivity index (χ2n) is 7.71. The van der Waals surface area contributed by atoms with E-state index in [0.29, 0.717) is 23.1 Å². The van der Waals surface area contributed by atoms with Gasteiger partial charge < -0.3 is 14.5 Å². The first-order valence-corrected chi connectivity index (χ1v) is 11.0. The van der Waals surface area contributed by atoms with Crippen LogP contribution >= 0.6 is 0 Å². The number of methoxy groups -OCH3 is 2. The minimum absolute atomic E-state index is 0.310. The molecule has 0 fully saturated rings. The molecule has 0 bridgehead atoms. The SMILES string of the molecule is COc1ccc(-c2nn(-c3ccccc3)cc2/C=C/C(=O)Nc2nc3ccccc3[nH]2)cc1OC. The van der Waals surface area contributed by atoms with E-state index in [-0.39, 0.29) is 5.91 Å². The number of aromatic amines is 1. The Morgan fingerprint density at radius 2 is 1.74 bits per heavy atom. The average Bonchev–Trinajstić information content (AvgIpc) is 3.51. The number of fused-ring (bicyclic) bond motifs is 1. The summed E-state index contributed by atoms with van der Waals surface area (Å²) in [5, 5.41) is 7.57. The van der Waals surface area contributed by atoms with E-state index in [2.05, 4.69) is 15.3 Å². The van der Waals surface area contributed by atoms with E-state index in [9.17, 15) is 4.79 Å². The number of aromatic nitrogens is 4. The van der Waals surface area contributed by atoms with E-state index in [1.165, 1.54) is 6.08 Å². The highest BCUT2D eigenvalue weighted by Gasteiger charge is 2.14. The fourth-order valence-corrected chi connectivity index (χ4v) is 3.77. The summed E-state index contributed by atoms with van der Waals surface area (Å²) < 4.78 is 12.6. The Morgan fingerprint density at radius 1 is 0.971 bits per heavy atom. The van der Waals surface area contributed by atoms with Crippen molar-refractivity contribution in [3.8, 4) is 28.4 Å². The molecule has 5 rings (SSSR count). The quantitative estimate of drug-likeness (QED) is 0.327. The van der Waals surface area contributed by atoms with Crippen LogP contribution in [0, 0.1) is 0 Å². The maximum absolute atomic E-state index is 12.6. The average molecular weight is 466 g/mol. The van der Waals surface area contributed by atoms with Crippen LogP contribution in [0.3, 0.4) is 0 Å². The molecule has 2 heterocycles. The number of hydrogen-bond donors (Lipinski definition) is 2. The van der Waals surface area contributed by atoms with Crippen LogP contribution < -0.4 is 14.8 Å². The summed E-state index contributed by atoms with van der Waals surface area (Å²) in [5.41, 5.74) is 4.83. The first kappa shape index (κ1) is 22.0. The van der Waals surface area contributed by atoms with Crippen LogP contribution in [-0.2, 0) is 4.79 Å². The Balaban J connectivity index is 1.47. The molecule has 35 heavy (non-hydrogen) atoms. The van der Waals surface area contributed by atoms with Gasteiger partial charge in [-0.2, -0.15) is 5.10 Å². The highest BCUT2D eigenvalue weighted by atomic mass is 16.5. The molecule has 0 saturated heterocycles. The second-order valence-corrected chi connectivity index (χ2v) is 7.71. The van der Waals surface area contributed by atoms with Gasteiger partial charge in [0.1, 0.15) is 5.69 Å². The molecule has 0 aliphatic rings. The molecule has 0 radical (unpaired) electrons. The van der Waals surface area contributed by atoms with Gasteiger partial charge in [0, 0.05) is 23.4 Å². The number of carbonyl (C=O) groups is 1. The Labute approximate surface area is 201 Å². The third kappa shape index (κ3) is 4.63. The van der Waals surface area contributed by atoms with Crippen molar-refractivity contribution in [3.63, 3.8) is 0 Å². The van der Waals surface area contributed by atoms with Gasteiger partial charge in [0.2, 0.25) is 5.95 Å². The van der Waals surface area contributed by atoms with Crippen LogP contribution in [0.2, 0.25) is 0 Å². The summed E-state index contributed by atoms with van der Waals surface area (Å²) in [6, 6.07) is 23.0. The van der Waals surface area contributed by atoms with Crippen molar-refractivity contribution < 1.29 is 14.3 Å². The maximum Gasteiger partial charge on any atom is 0.250 e. The molecule has 3 aromatic carbocycles. The van der Waals surface area contributed by atoms with Crippen LogP contribution in [0.4, 0.5) is 5.95 Å². The van der Waals surface area contributed by atoms with Crippen molar-refractivity contribution in [2.75, 3.05) is 19.5 Å². The van der Waals surface area contributed by atoms with Crippen LogP contribution in [0.25, 0.3) is 34.1 Å². The smallest absolute Gasteiger partial charge is 0.250 e. The van der Waals surface area contributed by atoms with Gasteiger partial charge in [0.05, 0.1) is 30.9 Å². The number of rotatable bonds is 7. The highest BCUT2D eigenvalue weighted by molar-refractivity contribution is 6.02. The molecule has 0 saturated carbocycles. The second kappa shape index (κ2) is 9.56. The number of hydrogen-bond acceptors (Lipinski definition) is 5. The molecule has 8 heteroatoms. The number of amides is 1. The molecule has 2 N–H and O–H groups in total. The van der Waals surface area contributed by atoms with E-state index in [0.717, 1.165) is 27.8 Å². The fourth-order valence-electron chi connectivity index (χ4n) is 3.77. The van der Waals surface area contributed by atoms with E-state index >= 15 is 0 Å². The van der Waals surface area contributed by atoms with Crippen LogP contribution in [0.1, 0.15) is 5.56 Å².